The van der Waals surface area contributed by atoms with Gasteiger partial charge in [0.15, 0.2) is 0 Å². The third kappa shape index (κ3) is 7.69. The van der Waals surface area contributed by atoms with E-state index < -0.39 is 11.7 Å². The van der Waals surface area contributed by atoms with Crippen molar-refractivity contribution < 1.29 is 14.6 Å². The van der Waals surface area contributed by atoms with Gasteiger partial charge in [-0.1, -0.05) is 53.4 Å². The molecule has 0 fully saturated rings. The van der Waals surface area contributed by atoms with Crippen LogP contribution in [0.1, 0.15) is 66.2 Å². The van der Waals surface area contributed by atoms with Gasteiger partial charge < -0.3 is 9.84 Å². The second kappa shape index (κ2) is 7.66. The molecule has 16 heavy (non-hydrogen) atoms. The molecule has 0 aliphatic carbocycles. The molecule has 0 aliphatic heterocycles. The molecule has 0 radical (unpaired) electrons. The van der Waals surface area contributed by atoms with Crippen molar-refractivity contribution in [1.82, 2.24) is 0 Å². The summed E-state index contributed by atoms with van der Waals surface area (Å²) in [4.78, 5) is 11.4. The lowest BCUT2D eigenvalue weighted by atomic mass is 9.96. The fraction of sp³-hybridized carbons (Fsp3) is 0.923. The van der Waals surface area contributed by atoms with Gasteiger partial charge in [0, 0.05) is 11.8 Å². The molecule has 0 saturated heterocycles. The molecule has 0 bridgehead atoms. The maximum Gasteiger partial charge on any atom is 0.308 e. The van der Waals surface area contributed by atoms with E-state index in [2.05, 4.69) is 6.92 Å². The smallest absolute Gasteiger partial charge is 0.308 e. The minimum absolute atomic E-state index is 0.293. The average molecular weight is 230 g/mol. The number of ether oxygens (including phenoxy) is 1. The Kier molecular flexibility index (Phi) is 7.39. The van der Waals surface area contributed by atoms with Crippen molar-refractivity contribution in [3.63, 3.8) is 0 Å². The van der Waals surface area contributed by atoms with Crippen LogP contribution in [0.3, 0.4) is 0 Å². The molecular formula is C13H26O3. The number of hydrogen-bond acceptors (Lipinski definition) is 3. The third-order valence-corrected chi connectivity index (χ3v) is 2.47. The fourth-order valence-corrected chi connectivity index (χ4v) is 1.23. The first-order valence-electron chi connectivity index (χ1n) is 6.25. The summed E-state index contributed by atoms with van der Waals surface area (Å²) >= 11 is 0. The minimum atomic E-state index is -1.00. The van der Waals surface area contributed by atoms with Crippen molar-refractivity contribution in [1.29, 1.82) is 0 Å². The van der Waals surface area contributed by atoms with Gasteiger partial charge in [0.2, 0.25) is 6.29 Å². The molecule has 96 valence electrons. The van der Waals surface area contributed by atoms with Gasteiger partial charge in [-0.05, 0) is 6.42 Å². The Hall–Kier alpha value is -0.570. The Bertz CT molecular complexity index is 194. The molecule has 0 heterocycles. The van der Waals surface area contributed by atoms with E-state index in [0.29, 0.717) is 6.42 Å². The molecule has 0 rings (SSSR count). The monoisotopic (exact) mass is 230 g/mol. The topological polar surface area (TPSA) is 46.5 Å². The second-order valence-corrected chi connectivity index (χ2v) is 5.37. The summed E-state index contributed by atoms with van der Waals surface area (Å²) in [5.74, 6) is -0.293. The Labute approximate surface area is 99.2 Å². The van der Waals surface area contributed by atoms with Crippen LogP contribution in [0.15, 0.2) is 0 Å². The van der Waals surface area contributed by atoms with E-state index in [0.717, 1.165) is 12.8 Å². The van der Waals surface area contributed by atoms with Crippen molar-refractivity contribution in [2.75, 3.05) is 0 Å². The molecule has 0 spiro atoms. The molecule has 1 unspecified atom stereocenters. The van der Waals surface area contributed by atoms with Crippen molar-refractivity contribution in [3.05, 3.63) is 0 Å². The highest BCUT2D eigenvalue weighted by Crippen LogP contribution is 2.20. The molecule has 0 aromatic rings. The summed E-state index contributed by atoms with van der Waals surface area (Å²) in [6, 6.07) is 0. The van der Waals surface area contributed by atoms with Gasteiger partial charge >= 0.3 is 5.97 Å². The van der Waals surface area contributed by atoms with Gasteiger partial charge in [-0.25, -0.2) is 0 Å². The number of aliphatic hydroxyl groups is 1. The number of rotatable bonds is 7. The van der Waals surface area contributed by atoms with Crippen molar-refractivity contribution in [2.45, 2.75) is 72.5 Å². The van der Waals surface area contributed by atoms with Crippen LogP contribution >= 0.6 is 0 Å². The van der Waals surface area contributed by atoms with Crippen molar-refractivity contribution in [2.24, 2.45) is 5.41 Å². The molecule has 0 aromatic heterocycles. The molecule has 0 aromatic carbocycles. The number of aliphatic hydroxyl groups excluding tert-OH is 1. The van der Waals surface area contributed by atoms with E-state index in [1.54, 1.807) is 0 Å². The van der Waals surface area contributed by atoms with Crippen molar-refractivity contribution >= 4 is 5.97 Å². The third-order valence-electron chi connectivity index (χ3n) is 2.47. The van der Waals surface area contributed by atoms with Crippen LogP contribution in [0.2, 0.25) is 0 Å². The number of carbonyl (C=O) groups is 1. The average Bonchev–Trinajstić information content (AvgIpc) is 2.16. The highest BCUT2D eigenvalue weighted by Gasteiger charge is 2.25. The largest absolute Gasteiger partial charge is 0.435 e. The predicted molar refractivity (Wildman–Crippen MR) is 64.9 cm³/mol. The lowest BCUT2D eigenvalue weighted by Gasteiger charge is -2.25. The molecule has 1 atom stereocenters. The Morgan fingerprint density at radius 3 is 2.25 bits per heavy atom. The first-order chi connectivity index (χ1) is 7.38. The molecule has 3 nitrogen and oxygen atoms in total. The highest BCUT2D eigenvalue weighted by atomic mass is 16.6. The first-order valence-corrected chi connectivity index (χ1v) is 6.25. The first kappa shape index (κ1) is 15.4. The van der Waals surface area contributed by atoms with Gasteiger partial charge in [0.25, 0.3) is 0 Å². The van der Waals surface area contributed by atoms with Crippen LogP contribution in [-0.4, -0.2) is 17.4 Å². The van der Waals surface area contributed by atoms with E-state index in [-0.39, 0.29) is 5.97 Å². The molecule has 0 amide bonds. The zero-order valence-corrected chi connectivity index (χ0v) is 11.1. The van der Waals surface area contributed by atoms with E-state index >= 15 is 0 Å². The summed E-state index contributed by atoms with van der Waals surface area (Å²) in [7, 11) is 0. The van der Waals surface area contributed by atoms with Crippen molar-refractivity contribution in [3.8, 4) is 0 Å². The van der Waals surface area contributed by atoms with Gasteiger partial charge in [0.1, 0.15) is 0 Å². The molecule has 3 heteroatoms. The fourth-order valence-electron chi connectivity index (χ4n) is 1.23. The normalized spacial score (nSPS) is 13.6. The number of carbonyl (C=O) groups excluding carboxylic acids is 1. The quantitative estimate of drug-likeness (QED) is 0.415. The highest BCUT2D eigenvalue weighted by molar-refractivity contribution is 5.69. The Morgan fingerprint density at radius 2 is 1.75 bits per heavy atom. The number of unbranched alkanes of at least 4 members (excludes halogenated alkanes) is 4. The maximum absolute atomic E-state index is 11.4. The summed E-state index contributed by atoms with van der Waals surface area (Å²) in [6.07, 6.45) is 4.93. The van der Waals surface area contributed by atoms with Crippen LogP contribution in [-0.2, 0) is 9.53 Å². The van der Waals surface area contributed by atoms with Gasteiger partial charge in [-0.15, -0.1) is 0 Å². The van der Waals surface area contributed by atoms with Gasteiger partial charge in [0.05, 0.1) is 0 Å². The predicted octanol–water partition coefficient (Wildman–Crippen LogP) is 3.25. The lowest BCUT2D eigenvalue weighted by molar-refractivity contribution is -0.186. The van der Waals surface area contributed by atoms with Crippen LogP contribution in [0.4, 0.5) is 0 Å². The number of hydrogen-bond donors (Lipinski definition) is 1. The summed E-state index contributed by atoms with van der Waals surface area (Å²) in [5, 5.41) is 9.55. The van der Waals surface area contributed by atoms with Crippen LogP contribution in [0, 0.1) is 5.41 Å². The Balaban J connectivity index is 3.59. The lowest BCUT2D eigenvalue weighted by Crippen LogP contribution is -2.31. The van der Waals surface area contributed by atoms with Crippen LogP contribution in [0.25, 0.3) is 0 Å². The van der Waals surface area contributed by atoms with Gasteiger partial charge in [-0.3, -0.25) is 4.79 Å². The molecule has 1 N–H and O–H groups in total. The summed E-state index contributed by atoms with van der Waals surface area (Å²) in [6.45, 7) is 7.68. The van der Waals surface area contributed by atoms with Crippen LogP contribution in [0.5, 0.6) is 0 Å². The van der Waals surface area contributed by atoms with E-state index in [1.807, 2.05) is 20.8 Å². The zero-order valence-electron chi connectivity index (χ0n) is 11.1. The molecule has 0 saturated carbocycles. The van der Waals surface area contributed by atoms with Gasteiger partial charge in [-0.2, -0.15) is 0 Å². The van der Waals surface area contributed by atoms with E-state index in [4.69, 9.17) is 4.74 Å². The zero-order chi connectivity index (χ0) is 12.6. The molecule has 0 aliphatic rings. The van der Waals surface area contributed by atoms with E-state index in [1.165, 1.54) is 19.3 Å². The molecular weight excluding hydrogens is 204 g/mol. The Morgan fingerprint density at radius 1 is 1.19 bits per heavy atom. The summed E-state index contributed by atoms with van der Waals surface area (Å²) in [5.41, 5.74) is -0.405. The SMILES string of the molecule is CCCCCCCC(=O)OC(O)C(C)(C)C. The van der Waals surface area contributed by atoms with Crippen LogP contribution < -0.4 is 0 Å². The standard InChI is InChI=1S/C13H26O3/c1-5-6-7-8-9-10-11(14)16-12(15)13(2,3)4/h12,15H,5-10H2,1-4H3. The second-order valence-electron chi connectivity index (χ2n) is 5.37. The minimum Gasteiger partial charge on any atom is -0.435 e. The van der Waals surface area contributed by atoms with E-state index in [9.17, 15) is 9.90 Å². The maximum atomic E-state index is 11.4. The number of esters is 1. The summed E-state index contributed by atoms with van der Waals surface area (Å²) < 4.78 is 4.94.